The van der Waals surface area contributed by atoms with Crippen LogP contribution in [0.5, 0.6) is 0 Å². The molecule has 0 aromatic carbocycles. The van der Waals surface area contributed by atoms with E-state index in [-0.39, 0.29) is 25.8 Å². The van der Waals surface area contributed by atoms with Gasteiger partial charge in [0, 0.05) is 6.42 Å². The van der Waals surface area contributed by atoms with Crippen molar-refractivity contribution in [3.63, 3.8) is 0 Å². The zero-order chi connectivity index (χ0) is 32.7. The number of carbonyl (C=O) groups excluding carboxylic acids is 2. The standard InChI is InChI=1S/C36H67NO7/c1-5-6-7-8-9-10-11-12-13-14-15-16-17-18-19-20-21-22-23-24-25-26-27-28-34(39)43-31-33(38)32-44-36(35(40)41)42-30-29-37(2,3)4/h11-12,14-15,33,36,38H,5-10,13,16-32H2,1-4H3/b12-11-,15-14-. The fraction of sp³-hybridized carbons (Fsp3) is 0.833. The van der Waals surface area contributed by atoms with Crippen LogP contribution in [0, 0.1) is 0 Å². The average Bonchev–Trinajstić information content (AvgIpc) is 2.97. The van der Waals surface area contributed by atoms with Crippen LogP contribution in [0.2, 0.25) is 0 Å². The summed E-state index contributed by atoms with van der Waals surface area (Å²) in [6.07, 6.45) is 30.4. The molecule has 8 nitrogen and oxygen atoms in total. The van der Waals surface area contributed by atoms with Gasteiger partial charge in [-0.2, -0.15) is 0 Å². The van der Waals surface area contributed by atoms with Crippen molar-refractivity contribution in [2.24, 2.45) is 0 Å². The lowest BCUT2D eigenvalue weighted by Gasteiger charge is -2.26. The first-order valence-corrected chi connectivity index (χ1v) is 17.5. The number of esters is 1. The molecule has 0 saturated carbocycles. The highest BCUT2D eigenvalue weighted by Gasteiger charge is 2.17. The Balaban J connectivity index is 3.53. The number of hydrogen-bond donors (Lipinski definition) is 1. The molecule has 0 heterocycles. The molecule has 0 aliphatic heterocycles. The number of ether oxygens (including phenoxy) is 3. The van der Waals surface area contributed by atoms with Gasteiger partial charge < -0.3 is 33.7 Å². The molecule has 258 valence electrons. The van der Waals surface area contributed by atoms with E-state index in [0.717, 1.165) is 25.7 Å². The minimum Gasteiger partial charge on any atom is -0.545 e. The number of aliphatic carboxylic acids is 1. The normalized spacial score (nSPS) is 13.6. The molecular formula is C36H67NO7. The molecule has 0 aromatic rings. The van der Waals surface area contributed by atoms with Crippen molar-refractivity contribution in [1.82, 2.24) is 0 Å². The first-order valence-electron chi connectivity index (χ1n) is 17.5. The third-order valence-corrected chi connectivity index (χ3v) is 7.43. The van der Waals surface area contributed by atoms with Crippen LogP contribution in [-0.4, -0.2) is 81.4 Å². The largest absolute Gasteiger partial charge is 0.545 e. The van der Waals surface area contributed by atoms with Crippen LogP contribution in [0.25, 0.3) is 0 Å². The van der Waals surface area contributed by atoms with E-state index in [1.807, 2.05) is 21.1 Å². The number of carbonyl (C=O) groups is 2. The Hall–Kier alpha value is -1.74. The van der Waals surface area contributed by atoms with Gasteiger partial charge in [-0.25, -0.2) is 0 Å². The van der Waals surface area contributed by atoms with E-state index >= 15 is 0 Å². The van der Waals surface area contributed by atoms with Gasteiger partial charge in [-0.3, -0.25) is 4.79 Å². The van der Waals surface area contributed by atoms with E-state index in [0.29, 0.717) is 17.4 Å². The Labute approximate surface area is 269 Å². The number of hydrogen-bond acceptors (Lipinski definition) is 7. The zero-order valence-corrected chi connectivity index (χ0v) is 28.8. The van der Waals surface area contributed by atoms with Gasteiger partial charge in [-0.15, -0.1) is 0 Å². The molecule has 0 fully saturated rings. The molecule has 0 aliphatic carbocycles. The number of nitrogens with zero attached hydrogens (tertiary/aromatic N) is 1. The highest BCUT2D eigenvalue weighted by Crippen LogP contribution is 2.13. The summed E-state index contributed by atoms with van der Waals surface area (Å²) in [5, 5.41) is 21.1. The van der Waals surface area contributed by atoms with Gasteiger partial charge in [0.2, 0.25) is 0 Å². The second-order valence-corrected chi connectivity index (χ2v) is 13.0. The average molecular weight is 626 g/mol. The summed E-state index contributed by atoms with van der Waals surface area (Å²) in [5.74, 6) is -1.87. The molecule has 0 spiro atoms. The van der Waals surface area contributed by atoms with Gasteiger partial charge in [0.1, 0.15) is 19.3 Å². The Morgan fingerprint density at radius 1 is 0.705 bits per heavy atom. The minimum absolute atomic E-state index is 0.170. The number of aliphatic hydroxyl groups excluding tert-OH is 1. The molecule has 0 amide bonds. The highest BCUT2D eigenvalue weighted by molar-refractivity contribution is 5.69. The second kappa shape index (κ2) is 29.9. The summed E-state index contributed by atoms with van der Waals surface area (Å²) in [6.45, 7) is 2.45. The van der Waals surface area contributed by atoms with Crippen LogP contribution in [0.1, 0.15) is 135 Å². The van der Waals surface area contributed by atoms with E-state index in [2.05, 4.69) is 31.2 Å². The molecule has 8 heteroatoms. The minimum atomic E-state index is -1.57. The van der Waals surface area contributed by atoms with E-state index in [1.165, 1.54) is 96.3 Å². The van der Waals surface area contributed by atoms with Crippen LogP contribution in [0.3, 0.4) is 0 Å². The zero-order valence-electron chi connectivity index (χ0n) is 28.8. The van der Waals surface area contributed by atoms with E-state index in [4.69, 9.17) is 14.2 Å². The molecule has 0 saturated heterocycles. The molecule has 2 atom stereocenters. The van der Waals surface area contributed by atoms with Crippen molar-refractivity contribution in [2.75, 3.05) is 47.5 Å². The van der Waals surface area contributed by atoms with Gasteiger partial charge in [-0.1, -0.05) is 115 Å². The Kier molecular flexibility index (Phi) is 28.8. The topological polar surface area (TPSA) is 105 Å². The van der Waals surface area contributed by atoms with Crippen molar-refractivity contribution in [1.29, 1.82) is 0 Å². The molecule has 44 heavy (non-hydrogen) atoms. The van der Waals surface area contributed by atoms with E-state index < -0.39 is 18.4 Å². The third kappa shape index (κ3) is 31.7. The Morgan fingerprint density at radius 3 is 1.70 bits per heavy atom. The molecule has 0 aromatic heterocycles. The van der Waals surface area contributed by atoms with Crippen molar-refractivity contribution in [2.45, 2.75) is 148 Å². The first kappa shape index (κ1) is 42.3. The number of aliphatic hydroxyl groups is 1. The number of carboxylic acids is 1. The van der Waals surface area contributed by atoms with Crippen molar-refractivity contribution < 1.29 is 38.5 Å². The predicted molar refractivity (Wildman–Crippen MR) is 177 cm³/mol. The van der Waals surface area contributed by atoms with Crippen LogP contribution in [0.15, 0.2) is 24.3 Å². The smallest absolute Gasteiger partial charge is 0.305 e. The number of carboxylic acid groups (broad SMARTS) is 1. The number of allylic oxidation sites excluding steroid dienone is 4. The number of unbranched alkanes of at least 4 members (excludes halogenated alkanes) is 16. The van der Waals surface area contributed by atoms with Gasteiger partial charge in [0.15, 0.2) is 6.29 Å². The van der Waals surface area contributed by atoms with Crippen molar-refractivity contribution in [3.05, 3.63) is 24.3 Å². The van der Waals surface area contributed by atoms with E-state index in [9.17, 15) is 19.8 Å². The maximum Gasteiger partial charge on any atom is 0.305 e. The van der Waals surface area contributed by atoms with Crippen LogP contribution in [0.4, 0.5) is 0 Å². The van der Waals surface area contributed by atoms with Crippen LogP contribution >= 0.6 is 0 Å². The lowest BCUT2D eigenvalue weighted by Crippen LogP contribution is -2.44. The van der Waals surface area contributed by atoms with Gasteiger partial charge in [0.25, 0.3) is 0 Å². The first-order chi connectivity index (χ1) is 21.2. The quantitative estimate of drug-likeness (QED) is 0.0294. The predicted octanol–water partition coefficient (Wildman–Crippen LogP) is 6.64. The maximum absolute atomic E-state index is 11.9. The molecule has 0 radical (unpaired) electrons. The van der Waals surface area contributed by atoms with Crippen molar-refractivity contribution >= 4 is 11.9 Å². The monoisotopic (exact) mass is 625 g/mol. The van der Waals surface area contributed by atoms with Crippen LogP contribution in [-0.2, 0) is 23.8 Å². The fourth-order valence-electron chi connectivity index (χ4n) is 4.62. The number of rotatable bonds is 32. The Morgan fingerprint density at radius 2 is 1.20 bits per heavy atom. The summed E-state index contributed by atoms with van der Waals surface area (Å²) in [4.78, 5) is 23.1. The molecule has 0 bridgehead atoms. The summed E-state index contributed by atoms with van der Waals surface area (Å²) in [5.41, 5.74) is 0. The lowest BCUT2D eigenvalue weighted by molar-refractivity contribution is -0.870. The van der Waals surface area contributed by atoms with E-state index in [1.54, 1.807) is 0 Å². The van der Waals surface area contributed by atoms with Gasteiger partial charge >= 0.3 is 5.97 Å². The molecule has 2 unspecified atom stereocenters. The molecule has 0 aliphatic rings. The Bertz CT molecular complexity index is 732. The SMILES string of the molecule is CCCCCCC/C=C\C/C=C\CCCCCCCCCCCCCC(=O)OCC(O)COC(OCC[N+](C)(C)C)C(=O)[O-]. The third-order valence-electron chi connectivity index (χ3n) is 7.43. The summed E-state index contributed by atoms with van der Waals surface area (Å²) in [7, 11) is 5.87. The van der Waals surface area contributed by atoms with Gasteiger partial charge in [0.05, 0.1) is 40.3 Å². The fourth-order valence-corrected chi connectivity index (χ4v) is 4.62. The lowest BCUT2D eigenvalue weighted by atomic mass is 10.0. The van der Waals surface area contributed by atoms with Crippen molar-refractivity contribution in [3.8, 4) is 0 Å². The summed E-state index contributed by atoms with van der Waals surface area (Å²) in [6, 6.07) is 0. The summed E-state index contributed by atoms with van der Waals surface area (Å²) < 4.78 is 16.0. The number of quaternary nitrogens is 1. The second-order valence-electron chi connectivity index (χ2n) is 13.0. The highest BCUT2D eigenvalue weighted by atomic mass is 16.7. The molecular weight excluding hydrogens is 558 g/mol. The van der Waals surface area contributed by atoms with Gasteiger partial charge in [-0.05, 0) is 38.5 Å². The van der Waals surface area contributed by atoms with Crippen LogP contribution < -0.4 is 5.11 Å². The number of likely N-dealkylation sites (N-methyl/N-ethyl adjacent to an activating group) is 1. The maximum atomic E-state index is 11.9. The summed E-state index contributed by atoms with van der Waals surface area (Å²) >= 11 is 0. The molecule has 0 rings (SSSR count). The molecule has 1 N–H and O–H groups in total.